The van der Waals surface area contributed by atoms with Gasteiger partial charge in [0, 0.05) is 10.7 Å². The Bertz CT molecular complexity index is 659. The number of nitrogens with one attached hydrogen (secondary N) is 1. The van der Waals surface area contributed by atoms with E-state index in [0.717, 1.165) is 0 Å². The largest absolute Gasteiger partial charge is 0.452 e. The highest BCUT2D eigenvalue weighted by Crippen LogP contribution is 2.21. The van der Waals surface area contributed by atoms with Crippen LogP contribution < -0.4 is 5.32 Å². The second kappa shape index (κ2) is 7.11. The third-order valence-corrected chi connectivity index (χ3v) is 3.10. The van der Waals surface area contributed by atoms with Crippen molar-refractivity contribution < 1.29 is 14.3 Å². The maximum Gasteiger partial charge on any atom is 0.340 e. The van der Waals surface area contributed by atoms with Crippen LogP contribution >= 0.6 is 23.2 Å². The summed E-state index contributed by atoms with van der Waals surface area (Å²) in [6.07, 6.45) is 0. The zero-order valence-electron chi connectivity index (χ0n) is 10.8. The van der Waals surface area contributed by atoms with Crippen LogP contribution in [0.15, 0.2) is 48.5 Å². The monoisotopic (exact) mass is 323 g/mol. The molecule has 0 heterocycles. The Balaban J connectivity index is 1.92. The number of amides is 1. The third kappa shape index (κ3) is 4.48. The zero-order chi connectivity index (χ0) is 15.2. The number of hydrogen-bond acceptors (Lipinski definition) is 3. The van der Waals surface area contributed by atoms with E-state index in [1.807, 2.05) is 6.07 Å². The van der Waals surface area contributed by atoms with Gasteiger partial charge in [0.25, 0.3) is 5.91 Å². The van der Waals surface area contributed by atoms with E-state index in [1.165, 1.54) is 12.1 Å². The number of hydrogen-bond donors (Lipinski definition) is 1. The molecule has 2 aromatic rings. The Hall–Kier alpha value is -2.04. The standard InChI is InChI=1S/C15H11Cl2NO3/c16-10-6-7-13(17)12(8-10)15(20)21-9-14(19)18-11-4-2-1-3-5-11/h1-8H,9H2,(H,18,19). The number of ether oxygens (including phenoxy) is 1. The quantitative estimate of drug-likeness (QED) is 0.871. The number of rotatable bonds is 4. The molecule has 0 radical (unpaired) electrons. The van der Waals surface area contributed by atoms with Crippen LogP contribution in [0.5, 0.6) is 0 Å². The topological polar surface area (TPSA) is 55.4 Å². The molecule has 0 spiro atoms. The number of esters is 1. The van der Waals surface area contributed by atoms with Crippen LogP contribution in [-0.4, -0.2) is 18.5 Å². The second-order valence-electron chi connectivity index (χ2n) is 4.11. The van der Waals surface area contributed by atoms with E-state index >= 15 is 0 Å². The predicted molar refractivity (Wildman–Crippen MR) is 81.8 cm³/mol. The number of halogens is 2. The minimum Gasteiger partial charge on any atom is -0.452 e. The van der Waals surface area contributed by atoms with Crippen LogP contribution in [0.1, 0.15) is 10.4 Å². The van der Waals surface area contributed by atoms with Gasteiger partial charge in [0.15, 0.2) is 6.61 Å². The van der Waals surface area contributed by atoms with Gasteiger partial charge in [0.1, 0.15) is 0 Å². The smallest absolute Gasteiger partial charge is 0.340 e. The molecule has 0 unspecified atom stereocenters. The van der Waals surface area contributed by atoms with E-state index in [9.17, 15) is 9.59 Å². The van der Waals surface area contributed by atoms with Gasteiger partial charge >= 0.3 is 5.97 Å². The van der Waals surface area contributed by atoms with Crippen molar-refractivity contribution in [2.45, 2.75) is 0 Å². The molecule has 0 saturated heterocycles. The molecule has 0 fully saturated rings. The highest BCUT2D eigenvalue weighted by molar-refractivity contribution is 6.35. The van der Waals surface area contributed by atoms with E-state index in [2.05, 4.69) is 5.32 Å². The van der Waals surface area contributed by atoms with E-state index in [4.69, 9.17) is 27.9 Å². The molecule has 108 valence electrons. The van der Waals surface area contributed by atoms with Gasteiger partial charge in [-0.05, 0) is 30.3 Å². The summed E-state index contributed by atoms with van der Waals surface area (Å²) in [7, 11) is 0. The molecule has 21 heavy (non-hydrogen) atoms. The summed E-state index contributed by atoms with van der Waals surface area (Å²) in [6.45, 7) is -0.406. The summed E-state index contributed by atoms with van der Waals surface area (Å²) in [5, 5.41) is 3.18. The van der Waals surface area contributed by atoms with Crippen LogP contribution in [0, 0.1) is 0 Å². The van der Waals surface area contributed by atoms with Crippen LogP contribution in [-0.2, 0) is 9.53 Å². The molecule has 0 aromatic heterocycles. The van der Waals surface area contributed by atoms with Crippen molar-refractivity contribution in [2.75, 3.05) is 11.9 Å². The first kappa shape index (κ1) is 15.4. The molecule has 1 amide bonds. The molecule has 0 aliphatic carbocycles. The Morgan fingerprint density at radius 2 is 1.76 bits per heavy atom. The lowest BCUT2D eigenvalue weighted by Crippen LogP contribution is -2.21. The lowest BCUT2D eigenvalue weighted by atomic mass is 10.2. The number of carbonyl (C=O) groups excluding carboxylic acids is 2. The average Bonchev–Trinajstić information content (AvgIpc) is 2.48. The fraction of sp³-hybridized carbons (Fsp3) is 0.0667. The third-order valence-electron chi connectivity index (χ3n) is 2.54. The van der Waals surface area contributed by atoms with Crippen LogP contribution in [0.3, 0.4) is 0 Å². The van der Waals surface area contributed by atoms with Crippen molar-refractivity contribution >= 4 is 40.8 Å². The normalized spacial score (nSPS) is 10.0. The molecule has 6 heteroatoms. The first-order valence-corrected chi connectivity index (χ1v) is 6.79. The molecule has 1 N–H and O–H groups in total. The molecular weight excluding hydrogens is 313 g/mol. The molecular formula is C15H11Cl2NO3. The average molecular weight is 324 g/mol. The minimum atomic E-state index is -0.703. The lowest BCUT2D eigenvalue weighted by molar-refractivity contribution is -0.119. The van der Waals surface area contributed by atoms with E-state index in [0.29, 0.717) is 10.7 Å². The van der Waals surface area contributed by atoms with Gasteiger partial charge < -0.3 is 10.1 Å². The second-order valence-corrected chi connectivity index (χ2v) is 4.96. The fourth-order valence-electron chi connectivity index (χ4n) is 1.58. The predicted octanol–water partition coefficient (Wildman–Crippen LogP) is 3.79. The Morgan fingerprint density at radius 1 is 1.05 bits per heavy atom. The summed E-state index contributed by atoms with van der Waals surface area (Å²) >= 11 is 11.7. The van der Waals surface area contributed by atoms with Crippen LogP contribution in [0.25, 0.3) is 0 Å². The summed E-state index contributed by atoms with van der Waals surface area (Å²) in [6, 6.07) is 13.3. The highest BCUT2D eigenvalue weighted by Gasteiger charge is 2.14. The SMILES string of the molecule is O=C(COC(=O)c1cc(Cl)ccc1Cl)Nc1ccccc1. The van der Waals surface area contributed by atoms with Crippen LogP contribution in [0.2, 0.25) is 10.0 Å². The Kier molecular flexibility index (Phi) is 5.20. The fourth-order valence-corrected chi connectivity index (χ4v) is 1.95. The van der Waals surface area contributed by atoms with Gasteiger partial charge in [-0.3, -0.25) is 4.79 Å². The van der Waals surface area contributed by atoms with Gasteiger partial charge in [-0.25, -0.2) is 4.79 Å². The van der Waals surface area contributed by atoms with Gasteiger partial charge in [-0.2, -0.15) is 0 Å². The molecule has 0 saturated carbocycles. The van der Waals surface area contributed by atoms with E-state index in [1.54, 1.807) is 30.3 Å². The molecule has 4 nitrogen and oxygen atoms in total. The maximum atomic E-state index is 11.8. The molecule has 0 aliphatic heterocycles. The summed E-state index contributed by atoms with van der Waals surface area (Å²) in [4.78, 5) is 23.5. The van der Waals surface area contributed by atoms with Crippen LogP contribution in [0.4, 0.5) is 5.69 Å². The van der Waals surface area contributed by atoms with Crippen molar-refractivity contribution in [3.8, 4) is 0 Å². The van der Waals surface area contributed by atoms with Crippen molar-refractivity contribution in [1.82, 2.24) is 0 Å². The molecule has 0 bridgehead atoms. The summed E-state index contributed by atoms with van der Waals surface area (Å²) < 4.78 is 4.90. The molecule has 0 atom stereocenters. The van der Waals surface area contributed by atoms with Crippen molar-refractivity contribution in [3.63, 3.8) is 0 Å². The highest BCUT2D eigenvalue weighted by atomic mass is 35.5. The summed E-state index contributed by atoms with van der Waals surface area (Å²) in [5.74, 6) is -1.14. The Labute approximate surface area is 131 Å². The first-order chi connectivity index (χ1) is 10.1. The summed E-state index contributed by atoms with van der Waals surface area (Å²) in [5.41, 5.74) is 0.746. The number of benzene rings is 2. The van der Waals surface area contributed by atoms with Gasteiger partial charge in [-0.15, -0.1) is 0 Å². The van der Waals surface area contributed by atoms with E-state index < -0.39 is 18.5 Å². The first-order valence-electron chi connectivity index (χ1n) is 6.03. The van der Waals surface area contributed by atoms with Gasteiger partial charge in [0.2, 0.25) is 0 Å². The minimum absolute atomic E-state index is 0.122. The molecule has 2 aromatic carbocycles. The van der Waals surface area contributed by atoms with Gasteiger partial charge in [0.05, 0.1) is 10.6 Å². The van der Waals surface area contributed by atoms with Gasteiger partial charge in [-0.1, -0.05) is 41.4 Å². The van der Waals surface area contributed by atoms with Crippen molar-refractivity contribution in [2.24, 2.45) is 0 Å². The maximum absolute atomic E-state index is 11.8. The molecule has 0 aliphatic rings. The number of carbonyl (C=O) groups is 2. The van der Waals surface area contributed by atoms with E-state index in [-0.39, 0.29) is 10.6 Å². The van der Waals surface area contributed by atoms with Crippen molar-refractivity contribution in [3.05, 3.63) is 64.1 Å². The lowest BCUT2D eigenvalue weighted by Gasteiger charge is -2.07. The zero-order valence-corrected chi connectivity index (χ0v) is 12.3. The Morgan fingerprint density at radius 3 is 2.48 bits per heavy atom. The van der Waals surface area contributed by atoms with Crippen molar-refractivity contribution in [1.29, 1.82) is 0 Å². The molecule has 2 rings (SSSR count). The number of anilines is 1. The number of para-hydroxylation sites is 1.